The third-order valence-corrected chi connectivity index (χ3v) is 5.57. The zero-order chi connectivity index (χ0) is 16.5. The van der Waals surface area contributed by atoms with Gasteiger partial charge in [-0.3, -0.25) is 9.69 Å². The van der Waals surface area contributed by atoms with Crippen LogP contribution in [0.1, 0.15) is 17.9 Å². The molecule has 2 fully saturated rings. The molecule has 1 unspecified atom stereocenters. The number of amides is 1. The predicted molar refractivity (Wildman–Crippen MR) is 93.1 cm³/mol. The molecule has 0 saturated carbocycles. The van der Waals surface area contributed by atoms with Crippen LogP contribution in [0.15, 0.2) is 30.3 Å². The Labute approximate surface area is 144 Å². The largest absolute Gasteiger partial charge is 0.378 e. The third kappa shape index (κ3) is 2.76. The molecule has 8 heteroatoms. The van der Waals surface area contributed by atoms with Crippen molar-refractivity contribution in [2.75, 3.05) is 36.1 Å². The predicted octanol–water partition coefficient (Wildman–Crippen LogP) is 1.81. The van der Waals surface area contributed by atoms with Crippen molar-refractivity contribution >= 4 is 29.6 Å². The fourth-order valence-electron chi connectivity index (χ4n) is 2.94. The minimum Gasteiger partial charge on any atom is -0.378 e. The van der Waals surface area contributed by atoms with Crippen molar-refractivity contribution in [3.05, 3.63) is 35.9 Å². The maximum absolute atomic E-state index is 12.7. The van der Waals surface area contributed by atoms with Crippen molar-refractivity contribution in [3.8, 4) is 0 Å². The molecule has 0 aliphatic carbocycles. The van der Waals surface area contributed by atoms with Gasteiger partial charge in [-0.2, -0.15) is 4.98 Å². The van der Waals surface area contributed by atoms with E-state index in [4.69, 9.17) is 4.74 Å². The van der Waals surface area contributed by atoms with Gasteiger partial charge in [0.15, 0.2) is 0 Å². The van der Waals surface area contributed by atoms with Crippen LogP contribution in [0.4, 0.5) is 11.9 Å². The van der Waals surface area contributed by atoms with E-state index in [9.17, 15) is 4.79 Å². The zero-order valence-corrected chi connectivity index (χ0v) is 14.2. The van der Waals surface area contributed by atoms with Gasteiger partial charge < -0.3 is 9.64 Å². The lowest BCUT2D eigenvalue weighted by Crippen LogP contribution is -2.37. The van der Waals surface area contributed by atoms with E-state index in [0.29, 0.717) is 25.1 Å². The number of carbonyl (C=O) groups is 1. The van der Waals surface area contributed by atoms with Crippen molar-refractivity contribution in [1.29, 1.82) is 0 Å². The Kier molecular flexibility index (Phi) is 4.15. The highest BCUT2D eigenvalue weighted by Gasteiger charge is 2.41. The first-order chi connectivity index (χ1) is 11.7. The molecular weight excluding hydrogens is 326 g/mol. The van der Waals surface area contributed by atoms with E-state index in [-0.39, 0.29) is 16.5 Å². The Bertz CT molecular complexity index is 716. The number of morpholine rings is 1. The van der Waals surface area contributed by atoms with E-state index in [1.165, 1.54) is 0 Å². The molecule has 3 heterocycles. The number of nitrogens with one attached hydrogen (secondary N) is 1. The lowest BCUT2D eigenvalue weighted by Gasteiger charge is -2.25. The van der Waals surface area contributed by atoms with E-state index < -0.39 is 0 Å². The number of ether oxygens (including phenoxy) is 1. The van der Waals surface area contributed by atoms with Crippen LogP contribution in [0.2, 0.25) is 0 Å². The maximum atomic E-state index is 12.7. The molecule has 1 aromatic heterocycles. The van der Waals surface area contributed by atoms with E-state index in [1.807, 2.05) is 37.3 Å². The second-order valence-corrected chi connectivity index (χ2v) is 7.23. The number of anilines is 2. The van der Waals surface area contributed by atoms with Gasteiger partial charge in [-0.1, -0.05) is 30.3 Å². The van der Waals surface area contributed by atoms with Crippen LogP contribution in [-0.4, -0.2) is 52.6 Å². The molecule has 1 aromatic carbocycles. The SMILES string of the molecule is CC1S[C@H](c2ccccc2)N(c2nc(N3CCOCC3)n[nH]2)C1=O. The molecule has 2 aliphatic heterocycles. The molecule has 0 spiro atoms. The van der Waals surface area contributed by atoms with Gasteiger partial charge in [0.1, 0.15) is 5.37 Å². The summed E-state index contributed by atoms with van der Waals surface area (Å²) in [6, 6.07) is 10.0. The van der Waals surface area contributed by atoms with E-state index in [1.54, 1.807) is 16.7 Å². The zero-order valence-electron chi connectivity index (χ0n) is 13.4. The molecule has 2 aromatic rings. The molecule has 4 rings (SSSR count). The molecule has 2 aliphatic rings. The van der Waals surface area contributed by atoms with Crippen molar-refractivity contribution in [3.63, 3.8) is 0 Å². The number of thioether (sulfide) groups is 1. The average molecular weight is 345 g/mol. The maximum Gasteiger partial charge on any atom is 0.246 e. The monoisotopic (exact) mass is 345 g/mol. The number of aromatic amines is 1. The summed E-state index contributed by atoms with van der Waals surface area (Å²) in [6.45, 7) is 4.80. The summed E-state index contributed by atoms with van der Waals surface area (Å²) in [4.78, 5) is 21.0. The summed E-state index contributed by atoms with van der Waals surface area (Å²) >= 11 is 1.63. The molecule has 7 nitrogen and oxygen atoms in total. The minimum atomic E-state index is -0.104. The number of hydrogen-bond donors (Lipinski definition) is 1. The Balaban J connectivity index is 1.63. The van der Waals surface area contributed by atoms with Crippen molar-refractivity contribution in [1.82, 2.24) is 15.2 Å². The number of carbonyl (C=O) groups excluding carboxylic acids is 1. The molecule has 1 N–H and O–H groups in total. The topological polar surface area (TPSA) is 74.4 Å². The molecule has 2 atom stereocenters. The molecule has 0 radical (unpaired) electrons. The fourth-order valence-corrected chi connectivity index (χ4v) is 4.20. The molecule has 126 valence electrons. The Morgan fingerprint density at radius 2 is 2.00 bits per heavy atom. The van der Waals surface area contributed by atoms with Gasteiger partial charge in [-0.25, -0.2) is 5.10 Å². The lowest BCUT2D eigenvalue weighted by molar-refractivity contribution is -0.117. The second kappa shape index (κ2) is 6.45. The number of nitrogens with zero attached hydrogens (tertiary/aromatic N) is 4. The standard InChI is InChI=1S/C16H19N5O2S/c1-11-13(22)21(14(24-11)12-5-3-2-4-6-12)16-17-15(18-19-16)20-7-9-23-10-8-20/h2-6,11,14H,7-10H2,1H3,(H,17,18,19)/t11?,14-/m1/s1. The van der Waals surface area contributed by atoms with Gasteiger partial charge in [0.2, 0.25) is 17.8 Å². The highest BCUT2D eigenvalue weighted by atomic mass is 32.2. The fraction of sp³-hybridized carbons (Fsp3) is 0.438. The highest BCUT2D eigenvalue weighted by molar-refractivity contribution is 8.01. The van der Waals surface area contributed by atoms with Gasteiger partial charge in [-0.05, 0) is 12.5 Å². The van der Waals surface area contributed by atoms with Crippen LogP contribution in [-0.2, 0) is 9.53 Å². The highest BCUT2D eigenvalue weighted by Crippen LogP contribution is 2.44. The minimum absolute atomic E-state index is 0.0542. The summed E-state index contributed by atoms with van der Waals surface area (Å²) in [6.07, 6.45) is 0. The van der Waals surface area contributed by atoms with Crippen molar-refractivity contribution < 1.29 is 9.53 Å². The molecule has 2 saturated heterocycles. The van der Waals surface area contributed by atoms with Crippen LogP contribution in [0, 0.1) is 0 Å². The third-order valence-electron chi connectivity index (χ3n) is 4.22. The molecule has 1 amide bonds. The van der Waals surface area contributed by atoms with E-state index >= 15 is 0 Å². The van der Waals surface area contributed by atoms with Crippen LogP contribution >= 0.6 is 11.8 Å². The first-order valence-corrected chi connectivity index (χ1v) is 8.97. The lowest BCUT2D eigenvalue weighted by atomic mass is 10.2. The summed E-state index contributed by atoms with van der Waals surface area (Å²) in [7, 11) is 0. The van der Waals surface area contributed by atoms with Gasteiger partial charge in [0.25, 0.3) is 0 Å². The first kappa shape index (κ1) is 15.5. The van der Waals surface area contributed by atoms with Crippen molar-refractivity contribution in [2.45, 2.75) is 17.5 Å². The number of benzene rings is 1. The van der Waals surface area contributed by atoms with E-state index in [0.717, 1.165) is 18.7 Å². The smallest absolute Gasteiger partial charge is 0.246 e. The van der Waals surface area contributed by atoms with Gasteiger partial charge in [0, 0.05) is 13.1 Å². The number of H-pyrrole nitrogens is 1. The van der Waals surface area contributed by atoms with Gasteiger partial charge in [0.05, 0.1) is 18.5 Å². The van der Waals surface area contributed by atoms with Gasteiger partial charge in [-0.15, -0.1) is 16.9 Å². The normalized spacial score (nSPS) is 24.6. The van der Waals surface area contributed by atoms with Crippen LogP contribution in [0.3, 0.4) is 0 Å². The quantitative estimate of drug-likeness (QED) is 0.914. The van der Waals surface area contributed by atoms with Crippen molar-refractivity contribution in [2.24, 2.45) is 0 Å². The van der Waals surface area contributed by atoms with E-state index in [2.05, 4.69) is 20.1 Å². The van der Waals surface area contributed by atoms with Gasteiger partial charge >= 0.3 is 0 Å². The van der Waals surface area contributed by atoms with Crippen LogP contribution < -0.4 is 9.80 Å². The Morgan fingerprint density at radius 1 is 1.25 bits per heavy atom. The van der Waals surface area contributed by atoms with Crippen LogP contribution in [0.25, 0.3) is 0 Å². The number of aromatic nitrogens is 3. The first-order valence-electron chi connectivity index (χ1n) is 8.02. The second-order valence-electron chi connectivity index (χ2n) is 5.81. The van der Waals surface area contributed by atoms with Crippen LogP contribution in [0.5, 0.6) is 0 Å². The molecule has 24 heavy (non-hydrogen) atoms. The number of rotatable bonds is 3. The summed E-state index contributed by atoms with van der Waals surface area (Å²) in [5.41, 5.74) is 1.09. The summed E-state index contributed by atoms with van der Waals surface area (Å²) in [5, 5.41) is 7.06. The number of hydrogen-bond acceptors (Lipinski definition) is 6. The summed E-state index contributed by atoms with van der Waals surface area (Å²) in [5.74, 6) is 1.18. The average Bonchev–Trinajstić information content (AvgIpc) is 3.22. The molecular formula is C16H19N5O2S. The Morgan fingerprint density at radius 3 is 2.75 bits per heavy atom. The molecule has 0 bridgehead atoms. The Hall–Kier alpha value is -2.06. The summed E-state index contributed by atoms with van der Waals surface area (Å²) < 4.78 is 5.36.